The van der Waals surface area contributed by atoms with Crippen molar-refractivity contribution in [3.05, 3.63) is 18.2 Å². The molecule has 0 radical (unpaired) electrons. The summed E-state index contributed by atoms with van der Waals surface area (Å²) in [7, 11) is 1.73. The van der Waals surface area contributed by atoms with E-state index in [-0.39, 0.29) is 5.60 Å². The monoisotopic (exact) mass is 194 g/mol. The molecule has 0 bridgehead atoms. The van der Waals surface area contributed by atoms with Crippen molar-refractivity contribution in [1.29, 1.82) is 0 Å². The first-order valence-corrected chi connectivity index (χ1v) is 4.80. The molecule has 4 heteroatoms. The number of carbonyl (C=O) groups is 1. The van der Waals surface area contributed by atoms with Gasteiger partial charge in [-0.25, -0.2) is 4.98 Å². The fourth-order valence-corrected chi connectivity index (χ4v) is 1.87. The van der Waals surface area contributed by atoms with E-state index >= 15 is 0 Å². The third-order valence-electron chi connectivity index (χ3n) is 3.02. The van der Waals surface area contributed by atoms with E-state index in [0.29, 0.717) is 5.69 Å². The first kappa shape index (κ1) is 9.40. The fourth-order valence-electron chi connectivity index (χ4n) is 1.87. The van der Waals surface area contributed by atoms with Crippen LogP contribution >= 0.6 is 0 Å². The van der Waals surface area contributed by atoms with Crippen LogP contribution in [0.3, 0.4) is 0 Å². The molecule has 4 nitrogen and oxygen atoms in total. The largest absolute Gasteiger partial charge is 0.376 e. The van der Waals surface area contributed by atoms with Gasteiger partial charge in [-0.3, -0.25) is 4.79 Å². The number of hydrogen-bond acceptors (Lipinski definition) is 3. The van der Waals surface area contributed by atoms with Gasteiger partial charge in [0.05, 0.1) is 24.7 Å². The smallest absolute Gasteiger partial charge is 0.168 e. The molecule has 1 aromatic rings. The molecule has 2 rings (SSSR count). The van der Waals surface area contributed by atoms with Crippen molar-refractivity contribution in [2.75, 3.05) is 7.11 Å². The number of aldehydes is 1. The highest BCUT2D eigenvalue weighted by Gasteiger charge is 2.37. The molecule has 1 aliphatic rings. The second kappa shape index (κ2) is 3.53. The highest BCUT2D eigenvalue weighted by atomic mass is 16.5. The first-order valence-electron chi connectivity index (χ1n) is 4.80. The predicted molar refractivity (Wildman–Crippen MR) is 51.2 cm³/mol. The number of rotatable bonds is 4. The van der Waals surface area contributed by atoms with Gasteiger partial charge in [0.1, 0.15) is 5.69 Å². The van der Waals surface area contributed by atoms with Crippen molar-refractivity contribution < 1.29 is 9.53 Å². The van der Waals surface area contributed by atoms with Crippen molar-refractivity contribution in [2.24, 2.45) is 0 Å². The molecule has 1 aliphatic carbocycles. The van der Waals surface area contributed by atoms with E-state index in [0.717, 1.165) is 25.7 Å². The van der Waals surface area contributed by atoms with E-state index in [1.807, 2.05) is 4.57 Å². The summed E-state index contributed by atoms with van der Waals surface area (Å²) in [6.07, 6.45) is 7.44. The van der Waals surface area contributed by atoms with Crippen LogP contribution in [-0.4, -0.2) is 28.5 Å². The van der Waals surface area contributed by atoms with Gasteiger partial charge in [-0.05, 0) is 19.3 Å². The lowest BCUT2D eigenvalue weighted by molar-refractivity contribution is -0.0836. The number of imidazole rings is 1. The van der Waals surface area contributed by atoms with Gasteiger partial charge in [0, 0.05) is 7.11 Å². The highest BCUT2D eigenvalue weighted by Crippen LogP contribution is 2.36. The van der Waals surface area contributed by atoms with Crippen LogP contribution in [0.25, 0.3) is 0 Å². The Balaban J connectivity index is 2.13. The molecule has 0 N–H and O–H groups in total. The molecule has 1 fully saturated rings. The van der Waals surface area contributed by atoms with Crippen molar-refractivity contribution in [1.82, 2.24) is 9.55 Å². The number of aromatic nitrogens is 2. The second-order valence-corrected chi connectivity index (χ2v) is 3.80. The zero-order chi connectivity index (χ0) is 10.0. The van der Waals surface area contributed by atoms with E-state index in [1.165, 1.54) is 6.42 Å². The van der Waals surface area contributed by atoms with Crippen LogP contribution in [0.5, 0.6) is 0 Å². The average molecular weight is 194 g/mol. The predicted octanol–water partition coefficient (Wildman–Crippen LogP) is 1.26. The number of hydrogen-bond donors (Lipinski definition) is 0. The van der Waals surface area contributed by atoms with Crippen LogP contribution in [0.15, 0.2) is 12.5 Å². The summed E-state index contributed by atoms with van der Waals surface area (Å²) in [5, 5.41) is 0. The molecule has 1 aromatic heterocycles. The SMILES string of the molecule is COC1(Cn2cncc2C=O)CCC1. The molecule has 1 saturated carbocycles. The molecular weight excluding hydrogens is 180 g/mol. The summed E-state index contributed by atoms with van der Waals surface area (Å²) in [4.78, 5) is 14.6. The molecule has 0 atom stereocenters. The highest BCUT2D eigenvalue weighted by molar-refractivity contribution is 5.71. The molecule has 0 aromatic carbocycles. The Morgan fingerprint density at radius 3 is 3.00 bits per heavy atom. The molecule has 0 saturated heterocycles. The van der Waals surface area contributed by atoms with Crippen LogP contribution < -0.4 is 0 Å². The Labute approximate surface area is 82.9 Å². The third-order valence-corrected chi connectivity index (χ3v) is 3.02. The van der Waals surface area contributed by atoms with Gasteiger partial charge in [-0.1, -0.05) is 0 Å². The zero-order valence-electron chi connectivity index (χ0n) is 8.27. The number of ether oxygens (including phenoxy) is 1. The fraction of sp³-hybridized carbons (Fsp3) is 0.600. The molecule has 0 aliphatic heterocycles. The van der Waals surface area contributed by atoms with Gasteiger partial charge in [0.25, 0.3) is 0 Å². The third kappa shape index (κ3) is 1.46. The Kier molecular flexibility index (Phi) is 2.37. The number of methoxy groups -OCH3 is 1. The maximum absolute atomic E-state index is 10.7. The summed E-state index contributed by atoms with van der Waals surface area (Å²) < 4.78 is 7.34. The van der Waals surface area contributed by atoms with E-state index in [1.54, 1.807) is 19.6 Å². The lowest BCUT2D eigenvalue weighted by atomic mass is 9.80. The lowest BCUT2D eigenvalue weighted by Crippen LogP contribution is -2.43. The first-order chi connectivity index (χ1) is 6.79. The van der Waals surface area contributed by atoms with Crippen LogP contribution in [0, 0.1) is 0 Å². The van der Waals surface area contributed by atoms with Crippen LogP contribution in [0.4, 0.5) is 0 Å². The Hall–Kier alpha value is -1.16. The molecular formula is C10H14N2O2. The Morgan fingerprint density at radius 2 is 2.50 bits per heavy atom. The lowest BCUT2D eigenvalue weighted by Gasteiger charge is -2.40. The van der Waals surface area contributed by atoms with Gasteiger partial charge in [0.2, 0.25) is 0 Å². The van der Waals surface area contributed by atoms with Gasteiger partial charge >= 0.3 is 0 Å². The van der Waals surface area contributed by atoms with E-state index < -0.39 is 0 Å². The average Bonchev–Trinajstić information content (AvgIpc) is 2.58. The van der Waals surface area contributed by atoms with Gasteiger partial charge in [-0.15, -0.1) is 0 Å². The standard InChI is InChI=1S/C10H14N2O2/c1-14-10(3-2-4-10)7-12-8-11-5-9(12)6-13/h5-6,8H,2-4,7H2,1H3. The molecule has 1 heterocycles. The van der Waals surface area contributed by atoms with E-state index in [9.17, 15) is 4.79 Å². The van der Waals surface area contributed by atoms with Crippen LogP contribution in [0.2, 0.25) is 0 Å². The normalized spacial score (nSPS) is 18.9. The molecule has 0 amide bonds. The summed E-state index contributed by atoms with van der Waals surface area (Å²) in [6.45, 7) is 0.734. The van der Waals surface area contributed by atoms with Crippen molar-refractivity contribution in [2.45, 2.75) is 31.4 Å². The number of nitrogens with zero attached hydrogens (tertiary/aromatic N) is 2. The van der Waals surface area contributed by atoms with E-state index in [2.05, 4.69) is 4.98 Å². The van der Waals surface area contributed by atoms with Crippen molar-refractivity contribution in [3.8, 4) is 0 Å². The summed E-state index contributed by atoms with van der Waals surface area (Å²) in [6, 6.07) is 0. The minimum Gasteiger partial charge on any atom is -0.376 e. The number of carbonyl (C=O) groups excluding carboxylic acids is 1. The topological polar surface area (TPSA) is 44.1 Å². The summed E-state index contributed by atoms with van der Waals surface area (Å²) in [5.41, 5.74) is 0.562. The van der Waals surface area contributed by atoms with Crippen molar-refractivity contribution in [3.63, 3.8) is 0 Å². The molecule has 14 heavy (non-hydrogen) atoms. The Morgan fingerprint density at radius 1 is 1.71 bits per heavy atom. The zero-order valence-corrected chi connectivity index (χ0v) is 8.27. The maximum Gasteiger partial charge on any atom is 0.168 e. The maximum atomic E-state index is 10.7. The van der Waals surface area contributed by atoms with Gasteiger partial charge in [0.15, 0.2) is 6.29 Å². The Bertz CT molecular complexity index is 323. The van der Waals surface area contributed by atoms with Crippen LogP contribution in [-0.2, 0) is 11.3 Å². The van der Waals surface area contributed by atoms with E-state index in [4.69, 9.17) is 4.74 Å². The molecule has 0 spiro atoms. The van der Waals surface area contributed by atoms with Crippen molar-refractivity contribution >= 4 is 6.29 Å². The van der Waals surface area contributed by atoms with Gasteiger partial charge < -0.3 is 9.30 Å². The summed E-state index contributed by atoms with van der Waals surface area (Å²) in [5.74, 6) is 0. The second-order valence-electron chi connectivity index (χ2n) is 3.80. The quantitative estimate of drug-likeness (QED) is 0.678. The minimum absolute atomic E-state index is 0.0571. The van der Waals surface area contributed by atoms with Crippen LogP contribution in [0.1, 0.15) is 29.8 Å². The summed E-state index contributed by atoms with van der Waals surface area (Å²) >= 11 is 0. The molecule has 76 valence electrons. The minimum atomic E-state index is -0.0571. The molecule has 0 unspecified atom stereocenters. The van der Waals surface area contributed by atoms with Gasteiger partial charge in [-0.2, -0.15) is 0 Å².